The van der Waals surface area contributed by atoms with E-state index in [1.54, 1.807) is 0 Å². The first-order valence-electron chi connectivity index (χ1n) is 7.53. The zero-order valence-electron chi connectivity index (χ0n) is 12.6. The number of rotatable bonds is 5. The molecule has 0 saturated carbocycles. The van der Waals surface area contributed by atoms with Gasteiger partial charge in [0.15, 0.2) is 0 Å². The number of nitrogens with one attached hydrogen (secondary N) is 1. The average Bonchev–Trinajstić information content (AvgIpc) is 2.93. The van der Waals surface area contributed by atoms with Crippen LogP contribution in [0.3, 0.4) is 0 Å². The van der Waals surface area contributed by atoms with Crippen LogP contribution in [0.5, 0.6) is 0 Å². The second kappa shape index (κ2) is 6.42. The highest BCUT2D eigenvalue weighted by Gasteiger charge is 2.13. The molecule has 0 aliphatic rings. The van der Waals surface area contributed by atoms with E-state index < -0.39 is 0 Å². The van der Waals surface area contributed by atoms with Crippen molar-refractivity contribution in [3.8, 4) is 0 Å². The highest BCUT2D eigenvalue weighted by Crippen LogP contribution is 2.27. The molecule has 21 heavy (non-hydrogen) atoms. The maximum Gasteiger partial charge on any atom is 0.0455 e. The number of fused-ring (bicyclic) bond motifs is 1. The Hall–Kier alpha value is -1.64. The van der Waals surface area contributed by atoms with Gasteiger partial charge in [0.05, 0.1) is 0 Å². The van der Waals surface area contributed by atoms with Gasteiger partial charge < -0.3 is 5.32 Å². The molecule has 2 aromatic carbocycles. The van der Waals surface area contributed by atoms with E-state index in [-0.39, 0.29) is 0 Å². The molecule has 1 heterocycles. The molecule has 1 N–H and O–H groups in total. The van der Waals surface area contributed by atoms with Crippen molar-refractivity contribution in [2.75, 3.05) is 6.54 Å². The van der Waals surface area contributed by atoms with Gasteiger partial charge in [-0.05, 0) is 48.4 Å². The lowest BCUT2D eigenvalue weighted by atomic mass is 10.0. The normalized spacial score (nSPS) is 12.7. The Morgan fingerprint density at radius 3 is 2.52 bits per heavy atom. The Bertz CT molecular complexity index is 729. The van der Waals surface area contributed by atoms with Gasteiger partial charge in [-0.25, -0.2) is 0 Å². The third-order valence-electron chi connectivity index (χ3n) is 3.81. The molecule has 2 heteroatoms. The van der Waals surface area contributed by atoms with Crippen LogP contribution < -0.4 is 5.32 Å². The molecule has 0 bridgehead atoms. The number of aryl methyl sites for hydroxylation is 1. The molecule has 0 saturated heterocycles. The van der Waals surface area contributed by atoms with Crippen molar-refractivity contribution in [1.82, 2.24) is 5.32 Å². The summed E-state index contributed by atoms with van der Waals surface area (Å²) in [6.45, 7) is 5.34. The Morgan fingerprint density at radius 1 is 1.00 bits per heavy atom. The van der Waals surface area contributed by atoms with Gasteiger partial charge in [-0.2, -0.15) is 0 Å². The average molecular weight is 295 g/mol. The third kappa shape index (κ3) is 3.34. The van der Waals surface area contributed by atoms with E-state index >= 15 is 0 Å². The van der Waals surface area contributed by atoms with Gasteiger partial charge in [0.2, 0.25) is 0 Å². The van der Waals surface area contributed by atoms with Crippen LogP contribution in [0.4, 0.5) is 0 Å². The smallest absolute Gasteiger partial charge is 0.0455 e. The minimum absolute atomic E-state index is 0.412. The number of benzene rings is 2. The predicted molar refractivity (Wildman–Crippen MR) is 93.1 cm³/mol. The van der Waals surface area contributed by atoms with E-state index in [1.807, 2.05) is 11.3 Å². The van der Waals surface area contributed by atoms with Crippen molar-refractivity contribution in [3.05, 3.63) is 69.9 Å². The van der Waals surface area contributed by atoms with Crippen molar-refractivity contribution in [2.24, 2.45) is 0 Å². The van der Waals surface area contributed by atoms with Gasteiger partial charge in [-0.3, -0.25) is 0 Å². The minimum atomic E-state index is 0.412. The quantitative estimate of drug-likeness (QED) is 0.690. The fraction of sp³-hybridized carbons (Fsp3) is 0.263. The highest BCUT2D eigenvalue weighted by molar-refractivity contribution is 7.12. The second-order valence-electron chi connectivity index (χ2n) is 5.44. The lowest BCUT2D eigenvalue weighted by Gasteiger charge is -2.17. The summed E-state index contributed by atoms with van der Waals surface area (Å²) in [7, 11) is 0. The second-order valence-corrected chi connectivity index (χ2v) is 6.76. The van der Waals surface area contributed by atoms with E-state index in [0.717, 1.165) is 13.0 Å². The van der Waals surface area contributed by atoms with Crippen molar-refractivity contribution in [2.45, 2.75) is 26.3 Å². The first-order valence-corrected chi connectivity index (χ1v) is 8.35. The Labute approximate surface area is 130 Å². The molecule has 108 valence electrons. The summed E-state index contributed by atoms with van der Waals surface area (Å²) in [5.74, 6) is 0. The molecule has 0 aliphatic carbocycles. The monoisotopic (exact) mass is 295 g/mol. The van der Waals surface area contributed by atoms with Crippen molar-refractivity contribution in [3.63, 3.8) is 0 Å². The molecular formula is C19H21NS. The van der Waals surface area contributed by atoms with Crippen LogP contribution in [-0.4, -0.2) is 6.54 Å². The molecule has 0 radical (unpaired) electrons. The Morgan fingerprint density at radius 2 is 1.81 bits per heavy atom. The topological polar surface area (TPSA) is 12.0 Å². The maximum absolute atomic E-state index is 3.62. The van der Waals surface area contributed by atoms with Gasteiger partial charge in [0.1, 0.15) is 0 Å². The fourth-order valence-electron chi connectivity index (χ4n) is 2.76. The predicted octanol–water partition coefficient (Wildman–Crippen LogP) is 5.10. The molecule has 3 aromatic rings. The van der Waals surface area contributed by atoms with Crippen LogP contribution >= 0.6 is 11.3 Å². The summed E-state index contributed by atoms with van der Waals surface area (Å²) in [6, 6.07) is 20.3. The van der Waals surface area contributed by atoms with Gasteiger partial charge in [-0.1, -0.05) is 49.4 Å². The van der Waals surface area contributed by atoms with Gasteiger partial charge in [-0.15, -0.1) is 11.3 Å². The maximum atomic E-state index is 3.62. The lowest BCUT2D eigenvalue weighted by molar-refractivity contribution is 0.558. The lowest BCUT2D eigenvalue weighted by Crippen LogP contribution is -2.22. The number of hydrogen-bond donors (Lipinski definition) is 1. The van der Waals surface area contributed by atoms with E-state index in [9.17, 15) is 0 Å². The number of hydrogen-bond acceptors (Lipinski definition) is 2. The summed E-state index contributed by atoms with van der Waals surface area (Å²) >= 11 is 1.90. The first-order chi connectivity index (χ1) is 10.3. The molecule has 1 atom stereocenters. The summed E-state index contributed by atoms with van der Waals surface area (Å²) in [5.41, 5.74) is 1.39. The first kappa shape index (κ1) is 14.3. The van der Waals surface area contributed by atoms with E-state index in [4.69, 9.17) is 0 Å². The molecule has 3 rings (SSSR count). The Balaban J connectivity index is 1.86. The van der Waals surface area contributed by atoms with Gasteiger partial charge in [0.25, 0.3) is 0 Å². The van der Waals surface area contributed by atoms with Crippen LogP contribution in [0.25, 0.3) is 10.8 Å². The molecule has 1 nitrogen and oxygen atoms in total. The largest absolute Gasteiger partial charge is 0.309 e. The van der Waals surface area contributed by atoms with E-state index in [2.05, 4.69) is 73.8 Å². The molecule has 1 unspecified atom stereocenters. The SMILES string of the molecule is CCNC(Cc1ccc2ccccc2c1)c1ccc(C)s1. The summed E-state index contributed by atoms with van der Waals surface area (Å²) < 4.78 is 0. The van der Waals surface area contributed by atoms with Crippen molar-refractivity contribution in [1.29, 1.82) is 0 Å². The van der Waals surface area contributed by atoms with Crippen molar-refractivity contribution < 1.29 is 0 Å². The molecule has 0 aliphatic heterocycles. The zero-order valence-corrected chi connectivity index (χ0v) is 13.4. The van der Waals surface area contributed by atoms with E-state index in [0.29, 0.717) is 6.04 Å². The van der Waals surface area contributed by atoms with Crippen LogP contribution in [0.2, 0.25) is 0 Å². The summed E-state index contributed by atoms with van der Waals surface area (Å²) in [4.78, 5) is 2.81. The molecular weight excluding hydrogens is 274 g/mol. The van der Waals surface area contributed by atoms with Crippen LogP contribution in [0, 0.1) is 6.92 Å². The zero-order chi connectivity index (χ0) is 14.7. The third-order valence-corrected chi connectivity index (χ3v) is 4.92. The van der Waals surface area contributed by atoms with Crippen LogP contribution in [0.15, 0.2) is 54.6 Å². The number of likely N-dealkylation sites (N-methyl/N-ethyl adjacent to an activating group) is 1. The van der Waals surface area contributed by atoms with Gasteiger partial charge in [0, 0.05) is 15.8 Å². The van der Waals surface area contributed by atoms with Crippen LogP contribution in [0.1, 0.15) is 28.3 Å². The molecule has 1 aromatic heterocycles. The molecule has 0 amide bonds. The molecule has 0 fully saturated rings. The molecule has 0 spiro atoms. The fourth-order valence-corrected chi connectivity index (χ4v) is 3.71. The Kier molecular flexibility index (Phi) is 4.37. The highest BCUT2D eigenvalue weighted by atomic mass is 32.1. The summed E-state index contributed by atoms with van der Waals surface area (Å²) in [6.07, 6.45) is 1.04. The van der Waals surface area contributed by atoms with E-state index in [1.165, 1.54) is 26.1 Å². The summed E-state index contributed by atoms with van der Waals surface area (Å²) in [5, 5.41) is 6.26. The minimum Gasteiger partial charge on any atom is -0.309 e. The number of thiophene rings is 1. The van der Waals surface area contributed by atoms with Crippen molar-refractivity contribution >= 4 is 22.1 Å². The standard InChI is InChI=1S/C19H21NS/c1-3-20-18(19-11-8-14(2)21-19)13-15-9-10-16-6-4-5-7-17(16)12-15/h4-12,18,20H,3,13H2,1-2H3. The van der Waals surface area contributed by atoms with Gasteiger partial charge >= 0.3 is 0 Å². The van der Waals surface area contributed by atoms with Crippen LogP contribution in [-0.2, 0) is 6.42 Å².